The fourth-order valence-electron chi connectivity index (χ4n) is 10.1. The number of hydrogen-bond acceptors (Lipinski definition) is 2. The number of imidazole rings is 1. The van der Waals surface area contributed by atoms with E-state index in [1.54, 1.807) is 0 Å². The molecule has 0 aliphatic heterocycles. The number of hydrogen-bond donors (Lipinski definition) is 0. The van der Waals surface area contributed by atoms with Gasteiger partial charge >= 0.3 is 0 Å². The summed E-state index contributed by atoms with van der Waals surface area (Å²) in [6.07, 6.45) is 4.24. The molecule has 3 aromatic heterocycles. The number of para-hydroxylation sites is 3. The van der Waals surface area contributed by atoms with Gasteiger partial charge < -0.3 is 4.74 Å². The highest BCUT2D eigenvalue weighted by Gasteiger charge is 2.25. The van der Waals surface area contributed by atoms with Crippen LogP contribution in [0.25, 0.3) is 94.5 Å². The molecular formula is C65H51N4O+. The summed E-state index contributed by atoms with van der Waals surface area (Å²) in [5.74, 6) is 2.33. The van der Waals surface area contributed by atoms with Crippen LogP contribution < -0.4 is 9.30 Å². The fraction of sp³-hybridized carbons (Fsp3) is 0.0769. The van der Waals surface area contributed by atoms with Crippen molar-refractivity contribution in [1.29, 1.82) is 0 Å². The Morgan fingerprint density at radius 1 is 0.457 bits per heavy atom. The van der Waals surface area contributed by atoms with E-state index >= 15 is 0 Å². The molecule has 3 heterocycles. The summed E-state index contributed by atoms with van der Waals surface area (Å²) in [5.41, 5.74) is 18.2. The Morgan fingerprint density at radius 3 is 1.76 bits per heavy atom. The highest BCUT2D eigenvalue weighted by molar-refractivity contribution is 6.10. The van der Waals surface area contributed by atoms with Crippen molar-refractivity contribution in [2.75, 3.05) is 0 Å². The smallest absolute Gasteiger partial charge is 0.255 e. The first-order valence-electron chi connectivity index (χ1n) is 24.0. The third-order valence-electron chi connectivity index (χ3n) is 13.6. The number of nitrogens with zero attached hydrogens (tertiary/aromatic N) is 4. The van der Waals surface area contributed by atoms with E-state index in [1.807, 2.05) is 12.3 Å². The standard InChI is InChI=1S/C65H51N4O/c1-44-38-63(66-42-58(44)48-30-33-50(34-31-48)65(2,3)4)69-59-37-32-49(45-18-8-5-9-19-45)39-57(59)56-36-35-53(41-62(56)69)70-52-25-16-24-51(40-52)67-43-68(61-29-15-14-28-60(61)67)64-54(46-20-10-6-11-21-46)26-17-27-55(64)47-22-12-7-13-23-47/h5-43H,1-4H3/q+1. The Labute approximate surface area is 408 Å². The predicted molar refractivity (Wildman–Crippen MR) is 289 cm³/mol. The van der Waals surface area contributed by atoms with Gasteiger partial charge in [-0.25, -0.2) is 4.98 Å². The molecule has 12 aromatic rings. The zero-order chi connectivity index (χ0) is 47.3. The van der Waals surface area contributed by atoms with Crippen LogP contribution in [-0.2, 0) is 5.41 Å². The van der Waals surface area contributed by atoms with Crippen molar-refractivity contribution in [2.24, 2.45) is 0 Å². The first-order chi connectivity index (χ1) is 34.2. The van der Waals surface area contributed by atoms with Gasteiger partial charge in [-0.2, -0.15) is 9.13 Å². The van der Waals surface area contributed by atoms with Crippen molar-refractivity contribution < 1.29 is 9.30 Å². The van der Waals surface area contributed by atoms with Crippen LogP contribution in [0.4, 0.5) is 0 Å². The summed E-state index contributed by atoms with van der Waals surface area (Å²) in [6, 6.07) is 79.8. The van der Waals surface area contributed by atoms with Crippen LogP contribution in [0.15, 0.2) is 237 Å². The maximum Gasteiger partial charge on any atom is 0.255 e. The minimum absolute atomic E-state index is 0.0860. The van der Waals surface area contributed by atoms with Crippen molar-refractivity contribution in [3.05, 3.63) is 248 Å². The van der Waals surface area contributed by atoms with E-state index in [9.17, 15) is 0 Å². The zero-order valence-electron chi connectivity index (χ0n) is 39.7. The van der Waals surface area contributed by atoms with E-state index in [-0.39, 0.29) is 5.41 Å². The molecule has 12 rings (SSSR count). The van der Waals surface area contributed by atoms with Crippen LogP contribution in [-0.4, -0.2) is 14.1 Å². The molecule has 0 spiro atoms. The number of pyridine rings is 1. The minimum Gasteiger partial charge on any atom is -0.457 e. The molecule has 0 N–H and O–H groups in total. The molecule has 5 heteroatoms. The summed E-state index contributed by atoms with van der Waals surface area (Å²) in [5, 5.41) is 2.28. The van der Waals surface area contributed by atoms with Gasteiger partial charge in [0.15, 0.2) is 11.0 Å². The zero-order valence-corrected chi connectivity index (χ0v) is 39.7. The average Bonchev–Trinajstić information content (AvgIpc) is 3.95. The lowest BCUT2D eigenvalue weighted by Gasteiger charge is -2.19. The van der Waals surface area contributed by atoms with Crippen LogP contribution >= 0.6 is 0 Å². The van der Waals surface area contributed by atoms with E-state index in [0.717, 1.165) is 100 Å². The number of aryl methyl sites for hydroxylation is 1. The number of aromatic nitrogens is 4. The van der Waals surface area contributed by atoms with Gasteiger partial charge in [-0.3, -0.25) is 4.57 Å². The third kappa shape index (κ3) is 7.72. The molecular weight excluding hydrogens is 853 g/mol. The number of fused-ring (bicyclic) bond motifs is 4. The van der Waals surface area contributed by atoms with Crippen LogP contribution in [0, 0.1) is 6.92 Å². The molecule has 0 unspecified atom stereocenters. The number of ether oxygens (including phenoxy) is 1. The number of rotatable bonds is 9. The largest absolute Gasteiger partial charge is 0.457 e. The summed E-state index contributed by atoms with van der Waals surface area (Å²) in [6.45, 7) is 8.93. The monoisotopic (exact) mass is 903 g/mol. The molecule has 0 saturated carbocycles. The van der Waals surface area contributed by atoms with E-state index in [0.29, 0.717) is 0 Å². The summed E-state index contributed by atoms with van der Waals surface area (Å²) >= 11 is 0. The van der Waals surface area contributed by atoms with Crippen LogP contribution in [0.1, 0.15) is 31.9 Å². The maximum absolute atomic E-state index is 6.87. The molecule has 0 saturated heterocycles. The molecule has 0 aliphatic rings. The molecule has 0 bridgehead atoms. The Bertz CT molecular complexity index is 3820. The van der Waals surface area contributed by atoms with Crippen molar-refractivity contribution in [1.82, 2.24) is 14.1 Å². The molecule has 5 nitrogen and oxygen atoms in total. The Balaban J connectivity index is 0.954. The van der Waals surface area contributed by atoms with Gasteiger partial charge in [-0.05, 0) is 106 Å². The Hall–Kier alpha value is -8.80. The third-order valence-corrected chi connectivity index (χ3v) is 13.6. The van der Waals surface area contributed by atoms with Crippen molar-refractivity contribution in [2.45, 2.75) is 33.1 Å². The maximum atomic E-state index is 6.87. The lowest BCUT2D eigenvalue weighted by Crippen LogP contribution is -2.30. The van der Waals surface area contributed by atoms with Gasteiger partial charge in [0.25, 0.3) is 6.33 Å². The second kappa shape index (κ2) is 17.4. The van der Waals surface area contributed by atoms with Gasteiger partial charge in [-0.1, -0.05) is 178 Å². The molecule has 0 aliphatic carbocycles. The fourth-order valence-corrected chi connectivity index (χ4v) is 10.1. The number of benzene rings is 9. The first kappa shape index (κ1) is 42.5. The van der Waals surface area contributed by atoms with Crippen molar-refractivity contribution >= 4 is 32.8 Å². The lowest BCUT2D eigenvalue weighted by atomic mass is 9.86. The van der Waals surface area contributed by atoms with Crippen molar-refractivity contribution in [3.8, 4) is 73.2 Å². The highest BCUT2D eigenvalue weighted by atomic mass is 16.5. The second-order valence-electron chi connectivity index (χ2n) is 19.2. The van der Waals surface area contributed by atoms with Crippen LogP contribution in [0.2, 0.25) is 0 Å². The van der Waals surface area contributed by atoms with Gasteiger partial charge in [0.2, 0.25) is 0 Å². The molecule has 336 valence electrons. The van der Waals surface area contributed by atoms with Gasteiger partial charge in [0.05, 0.1) is 11.0 Å². The SMILES string of the molecule is Cc1cc(-n2c3ccc(-c4ccccc4)cc3c3ccc(Oc4cccc(-n5c[n+](-c6c(-c7ccccc7)cccc6-c6ccccc6)c6ccccc65)c4)cc32)ncc1-c1ccc(C(C)(C)C)cc1. The summed E-state index contributed by atoms with van der Waals surface area (Å²) in [4.78, 5) is 5.18. The van der Waals surface area contributed by atoms with E-state index < -0.39 is 0 Å². The van der Waals surface area contributed by atoms with Gasteiger partial charge in [-0.15, -0.1) is 0 Å². The molecule has 0 amide bonds. The quantitative estimate of drug-likeness (QED) is 0.135. The Morgan fingerprint density at radius 2 is 1.07 bits per heavy atom. The normalized spacial score (nSPS) is 11.7. The molecule has 0 fully saturated rings. The molecule has 0 radical (unpaired) electrons. The summed E-state index contributed by atoms with van der Waals surface area (Å²) < 4.78 is 13.8. The molecule has 9 aromatic carbocycles. The topological polar surface area (TPSA) is 35.9 Å². The minimum atomic E-state index is 0.0860. The first-order valence-corrected chi connectivity index (χ1v) is 24.0. The van der Waals surface area contributed by atoms with E-state index in [1.165, 1.54) is 16.7 Å². The van der Waals surface area contributed by atoms with E-state index in [4.69, 9.17) is 9.72 Å². The van der Waals surface area contributed by atoms with Crippen molar-refractivity contribution in [3.63, 3.8) is 0 Å². The van der Waals surface area contributed by atoms with Crippen LogP contribution in [0.3, 0.4) is 0 Å². The van der Waals surface area contributed by atoms with E-state index in [2.05, 4.69) is 266 Å². The van der Waals surface area contributed by atoms with Gasteiger partial charge in [0.1, 0.15) is 28.7 Å². The highest BCUT2D eigenvalue weighted by Crippen LogP contribution is 2.39. The van der Waals surface area contributed by atoms with Gasteiger partial charge in [0, 0.05) is 45.8 Å². The Kier molecular flexibility index (Phi) is 10.6. The lowest BCUT2D eigenvalue weighted by molar-refractivity contribution is -0.566. The second-order valence-corrected chi connectivity index (χ2v) is 19.2. The average molecular weight is 904 g/mol. The molecule has 0 atom stereocenters. The summed E-state index contributed by atoms with van der Waals surface area (Å²) in [7, 11) is 0. The predicted octanol–water partition coefficient (Wildman–Crippen LogP) is 16.5. The molecule has 70 heavy (non-hydrogen) atoms. The van der Waals surface area contributed by atoms with Crippen LogP contribution in [0.5, 0.6) is 11.5 Å².